The SMILES string of the molecule is Oc1c(C2CC2)cc(C2(C(F)(F)F)CC2)c(Br)c1F. The largest absolute Gasteiger partial charge is 0.505 e. The summed E-state index contributed by atoms with van der Waals surface area (Å²) in [6.45, 7) is 0. The Kier molecular flexibility index (Phi) is 2.69. The highest BCUT2D eigenvalue weighted by atomic mass is 79.9. The molecule has 3 rings (SSSR count). The van der Waals surface area contributed by atoms with Gasteiger partial charge in [-0.3, -0.25) is 0 Å². The van der Waals surface area contributed by atoms with Gasteiger partial charge in [0.25, 0.3) is 0 Å². The van der Waals surface area contributed by atoms with E-state index in [-0.39, 0.29) is 28.8 Å². The number of hydrogen-bond donors (Lipinski definition) is 1. The lowest BCUT2D eigenvalue weighted by Crippen LogP contribution is -2.29. The zero-order valence-electron chi connectivity index (χ0n) is 9.82. The van der Waals surface area contributed by atoms with E-state index in [0.717, 1.165) is 12.8 Å². The molecule has 2 aliphatic carbocycles. The standard InChI is InChI=1S/C13H11BrF4O/c14-9-8(12(3-4-12)13(16,17)18)5-7(6-1-2-6)11(19)10(9)15/h5-6,19H,1-4H2. The Morgan fingerprint density at radius 1 is 1.26 bits per heavy atom. The van der Waals surface area contributed by atoms with Gasteiger partial charge in [-0.1, -0.05) is 0 Å². The van der Waals surface area contributed by atoms with Crippen LogP contribution in [0.5, 0.6) is 5.75 Å². The van der Waals surface area contributed by atoms with Gasteiger partial charge < -0.3 is 5.11 Å². The number of phenols is 1. The molecule has 0 unspecified atom stereocenters. The topological polar surface area (TPSA) is 20.2 Å². The van der Waals surface area contributed by atoms with Crippen molar-refractivity contribution in [2.45, 2.75) is 43.2 Å². The third-order valence-corrected chi connectivity index (χ3v) is 4.81. The van der Waals surface area contributed by atoms with Crippen LogP contribution in [0, 0.1) is 5.82 Å². The number of halogens is 5. The van der Waals surface area contributed by atoms with Crippen LogP contribution in [0.4, 0.5) is 17.6 Å². The maximum atomic E-state index is 13.9. The molecule has 1 nitrogen and oxygen atoms in total. The molecule has 2 fully saturated rings. The summed E-state index contributed by atoms with van der Waals surface area (Å²) in [5, 5.41) is 9.72. The van der Waals surface area contributed by atoms with Crippen LogP contribution in [0.15, 0.2) is 10.5 Å². The van der Waals surface area contributed by atoms with Crippen LogP contribution in [-0.2, 0) is 5.41 Å². The van der Waals surface area contributed by atoms with E-state index in [0.29, 0.717) is 5.56 Å². The molecule has 0 radical (unpaired) electrons. The first kappa shape index (κ1) is 13.2. The van der Waals surface area contributed by atoms with Crippen molar-refractivity contribution in [1.82, 2.24) is 0 Å². The summed E-state index contributed by atoms with van der Waals surface area (Å²) in [4.78, 5) is 0. The van der Waals surface area contributed by atoms with Crippen molar-refractivity contribution in [3.05, 3.63) is 27.5 Å². The zero-order chi connectivity index (χ0) is 14.0. The molecule has 1 N–H and O–H groups in total. The third-order valence-electron chi connectivity index (χ3n) is 4.04. The van der Waals surface area contributed by atoms with E-state index in [9.17, 15) is 22.7 Å². The first-order valence-electron chi connectivity index (χ1n) is 6.06. The van der Waals surface area contributed by atoms with Gasteiger partial charge in [0.15, 0.2) is 11.6 Å². The predicted octanol–water partition coefficient (Wildman–Crippen LogP) is 4.77. The van der Waals surface area contributed by atoms with Gasteiger partial charge in [0.2, 0.25) is 0 Å². The smallest absolute Gasteiger partial charge is 0.398 e. The average Bonchev–Trinajstić information content (AvgIpc) is 3.14. The molecule has 0 atom stereocenters. The van der Waals surface area contributed by atoms with Crippen LogP contribution < -0.4 is 0 Å². The molecule has 6 heteroatoms. The van der Waals surface area contributed by atoms with E-state index in [1.54, 1.807) is 0 Å². The number of phenolic OH excluding ortho intramolecular Hbond substituents is 1. The molecule has 0 aliphatic heterocycles. The summed E-state index contributed by atoms with van der Waals surface area (Å²) >= 11 is 2.87. The highest BCUT2D eigenvalue weighted by Gasteiger charge is 2.65. The average molecular weight is 339 g/mol. The third kappa shape index (κ3) is 1.87. The molecule has 104 valence electrons. The second kappa shape index (κ2) is 3.87. The van der Waals surface area contributed by atoms with Gasteiger partial charge >= 0.3 is 6.18 Å². The Labute approximate surface area is 115 Å². The summed E-state index contributed by atoms with van der Waals surface area (Å²) < 4.78 is 53.1. The zero-order valence-corrected chi connectivity index (χ0v) is 11.4. The van der Waals surface area contributed by atoms with E-state index in [2.05, 4.69) is 15.9 Å². The fourth-order valence-corrected chi connectivity index (χ4v) is 3.20. The van der Waals surface area contributed by atoms with Crippen LogP contribution in [0.3, 0.4) is 0 Å². The van der Waals surface area contributed by atoms with Crippen LogP contribution >= 0.6 is 15.9 Å². The first-order valence-corrected chi connectivity index (χ1v) is 6.85. The van der Waals surface area contributed by atoms with Crippen molar-refractivity contribution in [2.75, 3.05) is 0 Å². The van der Waals surface area contributed by atoms with Crippen molar-refractivity contribution in [3.8, 4) is 5.75 Å². The Morgan fingerprint density at radius 3 is 2.26 bits per heavy atom. The lowest BCUT2D eigenvalue weighted by Gasteiger charge is -2.22. The van der Waals surface area contributed by atoms with E-state index in [1.165, 1.54) is 6.07 Å². The molecule has 0 heterocycles. The van der Waals surface area contributed by atoms with Crippen molar-refractivity contribution in [1.29, 1.82) is 0 Å². The van der Waals surface area contributed by atoms with Gasteiger partial charge in [0.1, 0.15) is 0 Å². The highest BCUT2D eigenvalue weighted by molar-refractivity contribution is 9.10. The predicted molar refractivity (Wildman–Crippen MR) is 64.7 cm³/mol. The van der Waals surface area contributed by atoms with E-state index in [4.69, 9.17) is 0 Å². The van der Waals surface area contributed by atoms with E-state index in [1.807, 2.05) is 0 Å². The minimum atomic E-state index is -4.39. The van der Waals surface area contributed by atoms with Gasteiger partial charge in [-0.05, 0) is 59.2 Å². The Hall–Kier alpha value is -0.780. The summed E-state index contributed by atoms with van der Waals surface area (Å²) in [5.74, 6) is -1.50. The first-order chi connectivity index (χ1) is 8.78. The monoisotopic (exact) mass is 338 g/mol. The molecular formula is C13H11BrF4O. The molecule has 2 saturated carbocycles. The van der Waals surface area contributed by atoms with Gasteiger partial charge in [-0.2, -0.15) is 13.2 Å². The highest BCUT2D eigenvalue weighted by Crippen LogP contribution is 2.62. The number of hydrogen-bond acceptors (Lipinski definition) is 1. The molecule has 1 aromatic rings. The molecule has 0 aromatic heterocycles. The molecule has 0 saturated heterocycles. The van der Waals surface area contributed by atoms with Gasteiger partial charge in [0, 0.05) is 5.56 Å². The van der Waals surface area contributed by atoms with Crippen molar-refractivity contribution < 1.29 is 22.7 Å². The molecule has 0 bridgehead atoms. The van der Waals surface area contributed by atoms with E-state index < -0.39 is 23.2 Å². The van der Waals surface area contributed by atoms with Crippen molar-refractivity contribution in [3.63, 3.8) is 0 Å². The number of aromatic hydroxyl groups is 1. The molecule has 2 aliphatic rings. The molecule has 19 heavy (non-hydrogen) atoms. The molecule has 0 amide bonds. The maximum absolute atomic E-state index is 13.9. The molecule has 1 aromatic carbocycles. The van der Waals surface area contributed by atoms with Gasteiger partial charge in [-0.15, -0.1) is 0 Å². The quantitative estimate of drug-likeness (QED) is 0.770. The van der Waals surface area contributed by atoms with Crippen molar-refractivity contribution >= 4 is 15.9 Å². The summed E-state index contributed by atoms with van der Waals surface area (Å²) in [6, 6.07) is 1.33. The maximum Gasteiger partial charge on any atom is 0.398 e. The van der Waals surface area contributed by atoms with E-state index >= 15 is 0 Å². The fourth-order valence-electron chi connectivity index (χ4n) is 2.52. The van der Waals surface area contributed by atoms with Gasteiger partial charge in [0.05, 0.1) is 9.89 Å². The Balaban J connectivity index is 2.17. The molecule has 0 spiro atoms. The number of alkyl halides is 3. The molecular weight excluding hydrogens is 328 g/mol. The minimum absolute atomic E-state index is 0.00890. The summed E-state index contributed by atoms with van der Waals surface area (Å²) in [6.07, 6.45) is -2.87. The van der Waals surface area contributed by atoms with Crippen LogP contribution in [0.1, 0.15) is 42.7 Å². The Bertz CT molecular complexity index is 545. The lowest BCUT2D eigenvalue weighted by atomic mass is 9.92. The normalized spacial score (nSPS) is 21.5. The van der Waals surface area contributed by atoms with Crippen LogP contribution in [0.2, 0.25) is 0 Å². The minimum Gasteiger partial charge on any atom is -0.505 e. The Morgan fingerprint density at radius 2 is 1.84 bits per heavy atom. The van der Waals surface area contributed by atoms with Gasteiger partial charge in [-0.25, -0.2) is 4.39 Å². The summed E-state index contributed by atoms with van der Waals surface area (Å²) in [5.41, 5.74) is -1.70. The second-order valence-electron chi connectivity index (χ2n) is 5.34. The van der Waals surface area contributed by atoms with Crippen LogP contribution in [0.25, 0.3) is 0 Å². The van der Waals surface area contributed by atoms with Crippen LogP contribution in [-0.4, -0.2) is 11.3 Å². The fraction of sp³-hybridized carbons (Fsp3) is 0.538. The summed E-state index contributed by atoms with van der Waals surface area (Å²) in [7, 11) is 0. The van der Waals surface area contributed by atoms with Crippen molar-refractivity contribution in [2.24, 2.45) is 0 Å². The second-order valence-corrected chi connectivity index (χ2v) is 6.14. The number of rotatable bonds is 2. The lowest BCUT2D eigenvalue weighted by molar-refractivity contribution is -0.160. The number of benzene rings is 1.